The van der Waals surface area contributed by atoms with Gasteiger partial charge in [-0.05, 0) is 46.7 Å². The first-order chi connectivity index (χ1) is 10.1. The van der Waals surface area contributed by atoms with Crippen LogP contribution in [0.3, 0.4) is 0 Å². The highest BCUT2D eigenvalue weighted by molar-refractivity contribution is 9.10. The summed E-state index contributed by atoms with van der Waals surface area (Å²) in [6.07, 6.45) is 0.388. The van der Waals surface area contributed by atoms with E-state index in [9.17, 15) is 4.79 Å². The maximum absolute atomic E-state index is 12.4. The average molecular weight is 360 g/mol. The van der Waals surface area contributed by atoms with Crippen molar-refractivity contribution < 1.29 is 4.79 Å². The van der Waals surface area contributed by atoms with Gasteiger partial charge in [-0.2, -0.15) is 0 Å². The predicted molar refractivity (Wildman–Crippen MR) is 91.1 cm³/mol. The summed E-state index contributed by atoms with van der Waals surface area (Å²) in [6, 6.07) is 19.2. The molecule has 0 amide bonds. The van der Waals surface area contributed by atoms with Crippen molar-refractivity contribution in [3.8, 4) is 0 Å². The number of ketones is 1. The predicted octanol–water partition coefficient (Wildman–Crippen LogP) is 5.68. The lowest BCUT2D eigenvalue weighted by Gasteiger charge is -2.04. The molecular formula is C18H12BrClO. The third-order valence-corrected chi connectivity index (χ3v) is 4.15. The normalized spacial score (nSPS) is 10.8. The van der Waals surface area contributed by atoms with Crippen LogP contribution in [-0.4, -0.2) is 5.78 Å². The van der Waals surface area contributed by atoms with Crippen LogP contribution in [0, 0.1) is 0 Å². The third kappa shape index (κ3) is 3.34. The summed E-state index contributed by atoms with van der Waals surface area (Å²) in [5.41, 5.74) is 1.71. The summed E-state index contributed by atoms with van der Waals surface area (Å²) in [6.45, 7) is 0. The Hall–Kier alpha value is -1.64. The van der Waals surface area contributed by atoms with Crippen LogP contribution in [0.2, 0.25) is 5.02 Å². The summed E-state index contributed by atoms with van der Waals surface area (Å²) in [4.78, 5) is 12.4. The van der Waals surface area contributed by atoms with Crippen LogP contribution in [0.5, 0.6) is 0 Å². The molecule has 21 heavy (non-hydrogen) atoms. The van der Waals surface area contributed by atoms with Crippen molar-refractivity contribution in [2.75, 3.05) is 0 Å². The molecule has 0 saturated heterocycles. The van der Waals surface area contributed by atoms with Crippen LogP contribution >= 0.6 is 27.5 Å². The zero-order valence-corrected chi connectivity index (χ0v) is 13.5. The van der Waals surface area contributed by atoms with Gasteiger partial charge in [-0.25, -0.2) is 0 Å². The first kappa shape index (κ1) is 14.3. The van der Waals surface area contributed by atoms with Crippen LogP contribution in [-0.2, 0) is 6.42 Å². The Labute approximate surface area is 136 Å². The van der Waals surface area contributed by atoms with Crippen molar-refractivity contribution in [2.24, 2.45) is 0 Å². The van der Waals surface area contributed by atoms with Crippen molar-refractivity contribution >= 4 is 44.1 Å². The maximum Gasteiger partial charge on any atom is 0.167 e. The molecule has 0 atom stereocenters. The van der Waals surface area contributed by atoms with E-state index in [2.05, 4.69) is 15.9 Å². The van der Waals surface area contributed by atoms with Crippen LogP contribution in [0.1, 0.15) is 15.9 Å². The van der Waals surface area contributed by atoms with E-state index in [1.54, 1.807) is 0 Å². The van der Waals surface area contributed by atoms with Gasteiger partial charge in [-0.3, -0.25) is 4.79 Å². The van der Waals surface area contributed by atoms with E-state index in [1.165, 1.54) is 0 Å². The van der Waals surface area contributed by atoms with E-state index >= 15 is 0 Å². The molecule has 0 unspecified atom stereocenters. The second-order valence-electron chi connectivity index (χ2n) is 4.93. The van der Waals surface area contributed by atoms with E-state index in [4.69, 9.17) is 11.6 Å². The second-order valence-corrected chi connectivity index (χ2v) is 6.28. The minimum Gasteiger partial charge on any atom is -0.294 e. The van der Waals surface area contributed by atoms with Crippen LogP contribution in [0.25, 0.3) is 10.8 Å². The van der Waals surface area contributed by atoms with Crippen molar-refractivity contribution in [1.29, 1.82) is 0 Å². The fourth-order valence-corrected chi connectivity index (χ4v) is 2.78. The fourth-order valence-electron chi connectivity index (χ4n) is 2.28. The zero-order valence-electron chi connectivity index (χ0n) is 11.1. The largest absolute Gasteiger partial charge is 0.294 e. The van der Waals surface area contributed by atoms with Gasteiger partial charge in [0.25, 0.3) is 0 Å². The highest BCUT2D eigenvalue weighted by atomic mass is 79.9. The van der Waals surface area contributed by atoms with E-state index < -0.39 is 0 Å². The summed E-state index contributed by atoms with van der Waals surface area (Å²) in [5.74, 6) is 0.113. The van der Waals surface area contributed by atoms with Gasteiger partial charge in [-0.1, -0.05) is 57.9 Å². The molecule has 0 N–H and O–H groups in total. The summed E-state index contributed by atoms with van der Waals surface area (Å²) in [5, 5.41) is 2.87. The number of fused-ring (bicyclic) bond motifs is 1. The molecule has 1 nitrogen and oxygen atoms in total. The lowest BCUT2D eigenvalue weighted by molar-refractivity contribution is 0.0993. The molecule has 0 heterocycles. The summed E-state index contributed by atoms with van der Waals surface area (Å²) < 4.78 is 1.04. The first-order valence-corrected chi connectivity index (χ1v) is 7.76. The number of carbonyl (C=O) groups is 1. The van der Waals surface area contributed by atoms with Gasteiger partial charge in [-0.15, -0.1) is 0 Å². The second kappa shape index (κ2) is 6.00. The van der Waals surface area contributed by atoms with Crippen LogP contribution in [0.4, 0.5) is 0 Å². The molecule has 0 spiro atoms. The van der Waals surface area contributed by atoms with Gasteiger partial charge in [0.05, 0.1) is 0 Å². The van der Waals surface area contributed by atoms with E-state index in [0.717, 1.165) is 26.4 Å². The Morgan fingerprint density at radius 1 is 0.905 bits per heavy atom. The van der Waals surface area contributed by atoms with E-state index in [-0.39, 0.29) is 5.78 Å². The molecule has 3 aromatic rings. The summed E-state index contributed by atoms with van der Waals surface area (Å²) >= 11 is 9.31. The van der Waals surface area contributed by atoms with Gasteiger partial charge in [0.15, 0.2) is 5.78 Å². The van der Waals surface area contributed by atoms with Crippen LogP contribution < -0.4 is 0 Å². The molecule has 0 bridgehead atoms. The fraction of sp³-hybridized carbons (Fsp3) is 0.0556. The standard InChI is InChI=1S/C18H12BrClO/c19-16-6-5-13-10-15(4-3-14(13)11-16)18(21)9-12-1-7-17(20)8-2-12/h1-8,10-11H,9H2. The molecule has 3 rings (SSSR count). The highest BCUT2D eigenvalue weighted by Gasteiger charge is 2.08. The molecule has 3 heteroatoms. The molecule has 0 aliphatic carbocycles. The van der Waals surface area contributed by atoms with Gasteiger partial charge in [0.2, 0.25) is 0 Å². The molecule has 3 aromatic carbocycles. The molecule has 0 saturated carbocycles. The smallest absolute Gasteiger partial charge is 0.167 e. The molecule has 0 radical (unpaired) electrons. The van der Waals surface area contributed by atoms with Gasteiger partial charge < -0.3 is 0 Å². The molecule has 0 aliphatic heterocycles. The van der Waals surface area contributed by atoms with Crippen molar-refractivity contribution in [1.82, 2.24) is 0 Å². The van der Waals surface area contributed by atoms with Gasteiger partial charge in [0, 0.05) is 21.5 Å². The molecular weight excluding hydrogens is 348 g/mol. The number of benzene rings is 3. The lowest BCUT2D eigenvalue weighted by atomic mass is 10.00. The van der Waals surface area contributed by atoms with Crippen molar-refractivity contribution in [3.63, 3.8) is 0 Å². The van der Waals surface area contributed by atoms with Gasteiger partial charge in [0.1, 0.15) is 0 Å². The average Bonchev–Trinajstić information content (AvgIpc) is 2.49. The number of rotatable bonds is 3. The third-order valence-electron chi connectivity index (χ3n) is 3.40. The van der Waals surface area contributed by atoms with Gasteiger partial charge >= 0.3 is 0 Å². The van der Waals surface area contributed by atoms with Crippen molar-refractivity contribution in [2.45, 2.75) is 6.42 Å². The first-order valence-electron chi connectivity index (χ1n) is 6.59. The Morgan fingerprint density at radius 2 is 1.57 bits per heavy atom. The van der Waals surface area contributed by atoms with Crippen molar-refractivity contribution in [3.05, 3.63) is 81.3 Å². The zero-order chi connectivity index (χ0) is 14.8. The Morgan fingerprint density at radius 3 is 2.33 bits per heavy atom. The molecule has 0 fully saturated rings. The number of hydrogen-bond donors (Lipinski definition) is 0. The molecule has 0 aromatic heterocycles. The van der Waals surface area contributed by atoms with Crippen LogP contribution in [0.15, 0.2) is 65.1 Å². The lowest BCUT2D eigenvalue weighted by Crippen LogP contribution is -2.03. The van der Waals surface area contributed by atoms with E-state index in [0.29, 0.717) is 11.4 Å². The number of halogens is 2. The summed E-state index contributed by atoms with van der Waals surface area (Å²) in [7, 11) is 0. The number of carbonyl (C=O) groups excluding carboxylic acids is 1. The number of hydrogen-bond acceptors (Lipinski definition) is 1. The maximum atomic E-state index is 12.4. The highest BCUT2D eigenvalue weighted by Crippen LogP contribution is 2.22. The minimum atomic E-state index is 0.113. The topological polar surface area (TPSA) is 17.1 Å². The number of Topliss-reactive ketones (excluding diaryl/α,β-unsaturated/α-hetero) is 1. The molecule has 0 aliphatic rings. The Bertz CT molecular complexity index is 809. The monoisotopic (exact) mass is 358 g/mol. The minimum absolute atomic E-state index is 0.113. The quantitative estimate of drug-likeness (QED) is 0.550. The SMILES string of the molecule is O=C(Cc1ccc(Cl)cc1)c1ccc2cc(Br)ccc2c1. The molecule has 104 valence electrons. The Kier molecular flexibility index (Phi) is 4.09. The Balaban J connectivity index is 1.87. The van der Waals surface area contributed by atoms with E-state index in [1.807, 2.05) is 60.7 Å².